The van der Waals surface area contributed by atoms with Crippen molar-refractivity contribution in [2.75, 3.05) is 23.9 Å². The highest BCUT2D eigenvalue weighted by Gasteiger charge is 2.41. The molecule has 0 aromatic heterocycles. The highest BCUT2D eigenvalue weighted by molar-refractivity contribution is 7.90. The molecule has 0 spiro atoms. The second-order valence-corrected chi connectivity index (χ2v) is 14.0. The standard InChI is InChI=1S/2C15H13FN2O3S/c2*1-10-3-8-14-13(9-10)18(12-6-4-11(16)5-7-12)15(19)17(2)22(14,20)21/h2*3-9H,1-2H3. The molecule has 44 heavy (non-hydrogen) atoms. The van der Waals surface area contributed by atoms with E-state index in [0.717, 1.165) is 11.1 Å². The van der Waals surface area contributed by atoms with E-state index < -0.39 is 43.7 Å². The van der Waals surface area contributed by atoms with Gasteiger partial charge in [-0.1, -0.05) is 12.1 Å². The van der Waals surface area contributed by atoms with Gasteiger partial charge in [-0.15, -0.1) is 0 Å². The fourth-order valence-electron chi connectivity index (χ4n) is 4.71. The number of carbonyl (C=O) groups is 2. The Labute approximate surface area is 253 Å². The van der Waals surface area contributed by atoms with Crippen molar-refractivity contribution in [2.45, 2.75) is 23.6 Å². The Kier molecular flexibility index (Phi) is 7.68. The highest BCUT2D eigenvalue weighted by Crippen LogP contribution is 2.40. The van der Waals surface area contributed by atoms with Crippen molar-refractivity contribution in [3.63, 3.8) is 0 Å². The molecule has 0 N–H and O–H groups in total. The lowest BCUT2D eigenvalue weighted by Crippen LogP contribution is -2.46. The average Bonchev–Trinajstić information content (AvgIpc) is 2.97. The first-order valence-electron chi connectivity index (χ1n) is 13.0. The summed E-state index contributed by atoms with van der Waals surface area (Å²) >= 11 is 0. The van der Waals surface area contributed by atoms with Crippen LogP contribution in [0, 0.1) is 25.5 Å². The quantitative estimate of drug-likeness (QED) is 0.263. The normalized spacial score (nSPS) is 16.6. The molecule has 0 bridgehead atoms. The Hall–Kier alpha value is -4.82. The zero-order valence-electron chi connectivity index (χ0n) is 23.9. The first-order chi connectivity index (χ1) is 20.6. The van der Waals surface area contributed by atoms with Crippen LogP contribution in [0.3, 0.4) is 0 Å². The third-order valence-corrected chi connectivity index (χ3v) is 10.6. The van der Waals surface area contributed by atoms with Crippen LogP contribution in [0.15, 0.2) is 94.7 Å². The molecule has 6 rings (SSSR count). The van der Waals surface area contributed by atoms with Crippen molar-refractivity contribution < 1.29 is 35.2 Å². The average molecular weight is 641 g/mol. The van der Waals surface area contributed by atoms with Crippen molar-refractivity contribution in [3.8, 4) is 0 Å². The minimum atomic E-state index is -3.87. The lowest BCUT2D eigenvalue weighted by atomic mass is 10.2. The van der Waals surface area contributed by atoms with Gasteiger partial charge in [0.2, 0.25) is 0 Å². The van der Waals surface area contributed by atoms with Crippen LogP contribution in [0.1, 0.15) is 11.1 Å². The molecule has 0 saturated carbocycles. The summed E-state index contributed by atoms with van der Waals surface area (Å²) in [5.74, 6) is -0.864. The lowest BCUT2D eigenvalue weighted by molar-refractivity contribution is 0.234. The van der Waals surface area contributed by atoms with Crippen LogP contribution in [-0.4, -0.2) is 51.6 Å². The summed E-state index contributed by atoms with van der Waals surface area (Å²) in [6, 6.07) is 18.8. The minimum absolute atomic E-state index is 0.0459. The summed E-state index contributed by atoms with van der Waals surface area (Å²) in [5, 5.41) is 0. The van der Waals surface area contributed by atoms with Gasteiger partial charge in [-0.05, 0) is 97.8 Å². The van der Waals surface area contributed by atoms with E-state index >= 15 is 0 Å². The summed E-state index contributed by atoms with van der Waals surface area (Å²) in [5.41, 5.74) is 2.99. The van der Waals surface area contributed by atoms with Crippen molar-refractivity contribution in [1.82, 2.24) is 8.61 Å². The van der Waals surface area contributed by atoms with E-state index in [1.807, 2.05) is 0 Å². The molecule has 10 nitrogen and oxygen atoms in total. The topological polar surface area (TPSA) is 115 Å². The van der Waals surface area contributed by atoms with E-state index in [9.17, 15) is 35.2 Å². The zero-order valence-corrected chi connectivity index (χ0v) is 25.5. The Morgan fingerprint density at radius 2 is 0.841 bits per heavy atom. The number of carbonyl (C=O) groups excluding carboxylic acids is 2. The first-order valence-corrected chi connectivity index (χ1v) is 15.9. The van der Waals surface area contributed by atoms with E-state index in [-0.39, 0.29) is 21.2 Å². The predicted molar refractivity (Wildman–Crippen MR) is 160 cm³/mol. The second kappa shape index (κ2) is 11.0. The third kappa shape index (κ3) is 5.15. The second-order valence-electron chi connectivity index (χ2n) is 10.1. The molecule has 2 heterocycles. The van der Waals surface area contributed by atoms with Crippen LogP contribution in [0.2, 0.25) is 0 Å². The summed E-state index contributed by atoms with van der Waals surface area (Å²) < 4.78 is 77.1. The van der Waals surface area contributed by atoms with Crippen LogP contribution in [0.4, 0.5) is 41.1 Å². The summed E-state index contributed by atoms with van der Waals surface area (Å²) in [6.07, 6.45) is 0. The number of nitrogens with zero attached hydrogens (tertiary/aromatic N) is 4. The van der Waals surface area contributed by atoms with Gasteiger partial charge in [0.25, 0.3) is 20.0 Å². The van der Waals surface area contributed by atoms with Crippen LogP contribution >= 0.6 is 0 Å². The molecule has 4 aromatic rings. The molecule has 0 atom stereocenters. The number of hydrogen-bond donors (Lipinski definition) is 0. The molecular weight excluding hydrogens is 614 g/mol. The molecule has 0 radical (unpaired) electrons. The maximum Gasteiger partial charge on any atom is 0.342 e. The predicted octanol–water partition coefficient (Wildman–Crippen LogP) is 6.05. The maximum absolute atomic E-state index is 13.1. The number of urea groups is 2. The molecule has 2 aliphatic heterocycles. The van der Waals surface area contributed by atoms with Crippen molar-refractivity contribution in [1.29, 1.82) is 0 Å². The van der Waals surface area contributed by atoms with E-state index in [2.05, 4.69) is 0 Å². The van der Waals surface area contributed by atoms with E-state index in [1.54, 1.807) is 38.1 Å². The largest absolute Gasteiger partial charge is 0.342 e. The van der Waals surface area contributed by atoms with Gasteiger partial charge in [0.1, 0.15) is 21.4 Å². The Balaban J connectivity index is 0.000000175. The molecule has 4 amide bonds. The fourth-order valence-corrected chi connectivity index (χ4v) is 7.18. The van der Waals surface area contributed by atoms with Crippen molar-refractivity contribution >= 4 is 54.9 Å². The molecule has 14 heteroatoms. The number of fused-ring (bicyclic) bond motifs is 2. The van der Waals surface area contributed by atoms with Gasteiger partial charge >= 0.3 is 12.1 Å². The van der Waals surface area contributed by atoms with Gasteiger partial charge in [-0.25, -0.2) is 43.8 Å². The van der Waals surface area contributed by atoms with Gasteiger partial charge in [0.05, 0.1) is 22.7 Å². The smallest absolute Gasteiger partial charge is 0.261 e. The first kappa shape index (κ1) is 30.6. The molecule has 0 saturated heterocycles. The molecule has 0 aliphatic carbocycles. The van der Waals surface area contributed by atoms with Gasteiger partial charge in [0.15, 0.2) is 0 Å². The van der Waals surface area contributed by atoms with Crippen LogP contribution in [-0.2, 0) is 20.0 Å². The minimum Gasteiger partial charge on any atom is -0.261 e. The van der Waals surface area contributed by atoms with E-state index in [4.69, 9.17) is 0 Å². The van der Waals surface area contributed by atoms with Crippen LogP contribution in [0.25, 0.3) is 0 Å². The fraction of sp³-hybridized carbons (Fsp3) is 0.133. The van der Waals surface area contributed by atoms with Crippen LogP contribution < -0.4 is 9.80 Å². The number of sulfonamides is 2. The van der Waals surface area contributed by atoms with E-state index in [1.165, 1.54) is 84.6 Å². The zero-order chi connectivity index (χ0) is 32.1. The molecule has 2 aliphatic rings. The Bertz CT molecular complexity index is 1870. The number of aryl methyl sites for hydroxylation is 2. The van der Waals surface area contributed by atoms with E-state index in [0.29, 0.717) is 20.0 Å². The van der Waals surface area contributed by atoms with Crippen LogP contribution in [0.5, 0.6) is 0 Å². The molecule has 0 fully saturated rings. The number of amides is 4. The van der Waals surface area contributed by atoms with Crippen molar-refractivity contribution in [2.24, 2.45) is 0 Å². The Morgan fingerprint density at radius 1 is 0.523 bits per heavy atom. The summed E-state index contributed by atoms with van der Waals surface area (Å²) in [7, 11) is -5.32. The van der Waals surface area contributed by atoms with Gasteiger partial charge in [-0.2, -0.15) is 0 Å². The number of benzene rings is 4. The monoisotopic (exact) mass is 640 g/mol. The number of anilines is 4. The molecule has 4 aromatic carbocycles. The van der Waals surface area contributed by atoms with Gasteiger partial charge < -0.3 is 0 Å². The molecule has 228 valence electrons. The van der Waals surface area contributed by atoms with Gasteiger partial charge in [0, 0.05) is 14.1 Å². The third-order valence-electron chi connectivity index (χ3n) is 7.08. The lowest BCUT2D eigenvalue weighted by Gasteiger charge is -2.34. The summed E-state index contributed by atoms with van der Waals surface area (Å²) in [4.78, 5) is 27.6. The summed E-state index contributed by atoms with van der Waals surface area (Å²) in [6.45, 7) is 3.61. The number of rotatable bonds is 2. The van der Waals surface area contributed by atoms with Gasteiger partial charge in [-0.3, -0.25) is 9.80 Å². The van der Waals surface area contributed by atoms with Crippen molar-refractivity contribution in [3.05, 3.63) is 108 Å². The maximum atomic E-state index is 13.1. The highest BCUT2D eigenvalue weighted by atomic mass is 32.2. The molecule has 0 unspecified atom stereocenters. The molecular formula is C30H26F2N4O6S2. The number of hydrogen-bond acceptors (Lipinski definition) is 6. The number of halogens is 2. The SMILES string of the molecule is Cc1ccc2c(c1)N(c1ccc(F)cc1)C(=O)N(C)S2(=O)=O.Cc1ccc2c(c1)N(c1ccc(F)cc1)C(=O)N(C)S2(=O)=O. The Morgan fingerprint density at radius 3 is 1.16 bits per heavy atom.